The summed E-state index contributed by atoms with van der Waals surface area (Å²) in [6.07, 6.45) is 8.09. The van der Waals surface area contributed by atoms with Gasteiger partial charge in [0.1, 0.15) is 11.9 Å². The van der Waals surface area contributed by atoms with E-state index in [1.54, 1.807) is 12.1 Å². The van der Waals surface area contributed by atoms with E-state index in [4.69, 9.17) is 4.74 Å². The molecule has 0 radical (unpaired) electrons. The Morgan fingerprint density at radius 1 is 1.21 bits per heavy atom. The molecule has 8 nitrogen and oxygen atoms in total. The molecule has 1 spiro atoms. The minimum atomic E-state index is -0.650. The number of benzene rings is 1. The first-order valence-electron chi connectivity index (χ1n) is 14.3. The summed E-state index contributed by atoms with van der Waals surface area (Å²) < 4.78 is 19.8. The maximum atomic E-state index is 14.1. The molecule has 3 heterocycles. The molecule has 39 heavy (non-hydrogen) atoms. The van der Waals surface area contributed by atoms with Gasteiger partial charge in [-0.1, -0.05) is 32.1 Å². The molecule has 3 aliphatic heterocycles. The Bertz CT molecular complexity index is 1070. The van der Waals surface area contributed by atoms with E-state index >= 15 is 0 Å². The van der Waals surface area contributed by atoms with E-state index in [0.29, 0.717) is 52.0 Å². The maximum Gasteiger partial charge on any atom is 0.242 e. The van der Waals surface area contributed by atoms with Gasteiger partial charge in [-0.15, -0.1) is 0 Å². The van der Waals surface area contributed by atoms with Crippen LogP contribution in [0.5, 0.6) is 0 Å². The minimum Gasteiger partial charge on any atom is -0.381 e. The summed E-state index contributed by atoms with van der Waals surface area (Å²) in [4.78, 5) is 41.8. The second kappa shape index (κ2) is 13.0. The molecule has 9 heteroatoms. The minimum absolute atomic E-state index is 0.0403. The van der Waals surface area contributed by atoms with Gasteiger partial charge in [-0.3, -0.25) is 19.3 Å². The molecule has 0 aromatic heterocycles. The van der Waals surface area contributed by atoms with Crippen LogP contribution in [-0.2, 0) is 19.1 Å². The zero-order valence-electron chi connectivity index (χ0n) is 23.4. The topological polar surface area (TPSA) is 99.8 Å². The Morgan fingerprint density at radius 2 is 1.97 bits per heavy atom. The molecular formula is C30H43FN4O4. The quantitative estimate of drug-likeness (QED) is 0.494. The average molecular weight is 543 g/mol. The number of hydrogen-bond acceptors (Lipinski definition) is 5. The largest absolute Gasteiger partial charge is 0.381 e. The number of piperidine rings is 1. The summed E-state index contributed by atoms with van der Waals surface area (Å²) in [7, 11) is 0. The summed E-state index contributed by atoms with van der Waals surface area (Å²) in [5, 5.41) is 9.00. The van der Waals surface area contributed by atoms with Gasteiger partial charge in [-0.2, -0.15) is 0 Å². The van der Waals surface area contributed by atoms with Crippen molar-refractivity contribution in [3.05, 3.63) is 41.7 Å². The van der Waals surface area contributed by atoms with E-state index in [1.165, 1.54) is 6.07 Å². The van der Waals surface area contributed by atoms with Crippen LogP contribution in [-0.4, -0.2) is 67.6 Å². The highest BCUT2D eigenvalue weighted by atomic mass is 19.1. The third-order valence-corrected chi connectivity index (χ3v) is 8.30. The van der Waals surface area contributed by atoms with E-state index in [2.05, 4.69) is 41.9 Å². The number of allylic oxidation sites excluding steroid dienone is 2. The standard InChI is InChI=1S/C30H43FN4O4/c1-20(2)16-26-28(37)33-24-9-15-39-19-22(24)6-4-5-10-30(29(38)34-26)11-13-35(14-12-30)18-27(36)32-25-17-21(3)7-8-23(25)31/h4-5,7-8,17,20,22,24,26H,6,9-16,18-19H2,1-3H3,(H,32,36)(H,33,37)(H,34,38)/b5-4-/t22-,24+,26-/m1/s1. The predicted molar refractivity (Wildman–Crippen MR) is 148 cm³/mol. The molecule has 2 fully saturated rings. The zero-order chi connectivity index (χ0) is 28.0. The number of likely N-dealkylation sites (tertiary alicyclic amines) is 1. The number of carbonyl (C=O) groups excluding carboxylic acids is 3. The number of halogens is 1. The Hall–Kier alpha value is -2.78. The molecule has 0 bridgehead atoms. The van der Waals surface area contributed by atoms with Crippen LogP contribution in [0.15, 0.2) is 30.4 Å². The van der Waals surface area contributed by atoms with Crippen molar-refractivity contribution in [2.24, 2.45) is 17.3 Å². The molecule has 214 valence electrons. The Morgan fingerprint density at radius 3 is 2.72 bits per heavy atom. The number of hydrogen-bond donors (Lipinski definition) is 3. The van der Waals surface area contributed by atoms with Crippen molar-refractivity contribution < 1.29 is 23.5 Å². The van der Waals surface area contributed by atoms with Gasteiger partial charge in [-0.25, -0.2) is 4.39 Å². The van der Waals surface area contributed by atoms with Gasteiger partial charge in [0.25, 0.3) is 0 Å². The number of nitrogens with one attached hydrogen (secondary N) is 3. The van der Waals surface area contributed by atoms with Crippen LogP contribution in [0, 0.1) is 30.0 Å². The van der Waals surface area contributed by atoms with Crippen molar-refractivity contribution >= 4 is 23.4 Å². The first-order valence-corrected chi connectivity index (χ1v) is 14.3. The fourth-order valence-corrected chi connectivity index (χ4v) is 5.89. The van der Waals surface area contributed by atoms with Crippen molar-refractivity contribution in [2.75, 3.05) is 38.2 Å². The first kappa shape index (κ1) is 29.2. The monoisotopic (exact) mass is 542 g/mol. The first-order chi connectivity index (χ1) is 18.6. The third-order valence-electron chi connectivity index (χ3n) is 8.30. The summed E-state index contributed by atoms with van der Waals surface area (Å²) in [5.41, 5.74) is 0.394. The Labute approximate surface area is 231 Å². The van der Waals surface area contributed by atoms with Crippen LogP contribution < -0.4 is 16.0 Å². The number of amides is 3. The molecule has 3 N–H and O–H groups in total. The van der Waals surface area contributed by atoms with Crippen molar-refractivity contribution in [3.8, 4) is 0 Å². The fourth-order valence-electron chi connectivity index (χ4n) is 5.89. The van der Waals surface area contributed by atoms with Gasteiger partial charge in [0, 0.05) is 18.6 Å². The zero-order valence-corrected chi connectivity index (χ0v) is 23.4. The Kier molecular flexibility index (Phi) is 9.77. The number of fused-ring (bicyclic) bond motifs is 1. The molecule has 1 aromatic rings. The van der Waals surface area contributed by atoms with Crippen molar-refractivity contribution in [3.63, 3.8) is 0 Å². The van der Waals surface area contributed by atoms with E-state index in [9.17, 15) is 18.8 Å². The highest BCUT2D eigenvalue weighted by molar-refractivity contribution is 5.93. The molecule has 3 amide bonds. The molecular weight excluding hydrogens is 499 g/mol. The van der Waals surface area contributed by atoms with Crippen molar-refractivity contribution in [1.82, 2.24) is 15.5 Å². The van der Waals surface area contributed by atoms with Crippen LogP contribution in [0.1, 0.15) is 57.9 Å². The second-order valence-corrected chi connectivity index (χ2v) is 11.9. The molecule has 1 aromatic carbocycles. The van der Waals surface area contributed by atoms with E-state index in [-0.39, 0.29) is 47.8 Å². The van der Waals surface area contributed by atoms with Crippen LogP contribution in [0.2, 0.25) is 0 Å². The molecule has 2 saturated heterocycles. The Balaban J connectivity index is 1.44. The smallest absolute Gasteiger partial charge is 0.242 e. The maximum absolute atomic E-state index is 14.1. The van der Waals surface area contributed by atoms with E-state index in [1.807, 2.05) is 11.8 Å². The van der Waals surface area contributed by atoms with E-state index in [0.717, 1.165) is 18.4 Å². The predicted octanol–water partition coefficient (Wildman–Crippen LogP) is 3.56. The van der Waals surface area contributed by atoms with Crippen molar-refractivity contribution in [2.45, 2.75) is 71.4 Å². The molecule has 3 atom stereocenters. The summed E-state index contributed by atoms with van der Waals surface area (Å²) in [6.45, 7) is 8.44. The molecule has 0 saturated carbocycles. The number of nitrogens with zero attached hydrogens (tertiary/aromatic N) is 1. The molecule has 0 unspecified atom stereocenters. The van der Waals surface area contributed by atoms with Crippen LogP contribution in [0.4, 0.5) is 10.1 Å². The van der Waals surface area contributed by atoms with Crippen LogP contribution >= 0.6 is 0 Å². The second-order valence-electron chi connectivity index (χ2n) is 11.9. The number of carbonyl (C=O) groups is 3. The van der Waals surface area contributed by atoms with E-state index < -0.39 is 17.3 Å². The highest BCUT2D eigenvalue weighted by Gasteiger charge is 2.42. The molecule has 0 aliphatic carbocycles. The summed E-state index contributed by atoms with van der Waals surface area (Å²) in [5.74, 6) is -0.503. The van der Waals surface area contributed by atoms with Gasteiger partial charge in [-0.05, 0) is 82.2 Å². The van der Waals surface area contributed by atoms with Gasteiger partial charge < -0.3 is 20.7 Å². The lowest BCUT2D eigenvalue weighted by molar-refractivity contribution is -0.138. The van der Waals surface area contributed by atoms with Gasteiger partial charge in [0.15, 0.2) is 0 Å². The third kappa shape index (κ3) is 7.66. The highest BCUT2D eigenvalue weighted by Crippen LogP contribution is 2.37. The van der Waals surface area contributed by atoms with Crippen LogP contribution in [0.3, 0.4) is 0 Å². The van der Waals surface area contributed by atoms with Gasteiger partial charge in [0.05, 0.1) is 24.3 Å². The lowest BCUT2D eigenvalue weighted by Gasteiger charge is -2.41. The number of rotatable bonds is 5. The van der Waals surface area contributed by atoms with Gasteiger partial charge >= 0.3 is 0 Å². The lowest BCUT2D eigenvalue weighted by atomic mass is 9.74. The fraction of sp³-hybridized carbons (Fsp3) is 0.633. The number of anilines is 1. The van der Waals surface area contributed by atoms with Gasteiger partial charge in [0.2, 0.25) is 17.7 Å². The lowest BCUT2D eigenvalue weighted by Crippen LogP contribution is -2.57. The van der Waals surface area contributed by atoms with Crippen LogP contribution in [0.25, 0.3) is 0 Å². The molecule has 4 rings (SSSR count). The average Bonchev–Trinajstić information content (AvgIpc) is 2.89. The number of aryl methyl sites for hydroxylation is 1. The summed E-state index contributed by atoms with van der Waals surface area (Å²) >= 11 is 0. The summed E-state index contributed by atoms with van der Waals surface area (Å²) in [6, 6.07) is 4.08. The SMILES string of the molecule is Cc1ccc(F)c(NC(=O)CN2CCC3(C/C=C\C[C@@H]4COCC[C@@H]4NC(=O)[C@@H](CC(C)C)NC3=O)CC2)c1. The normalized spacial score (nSPS) is 27.1. The molecule has 3 aliphatic rings. The number of ether oxygens (including phenoxy) is 1. The van der Waals surface area contributed by atoms with Crippen molar-refractivity contribution in [1.29, 1.82) is 0 Å².